The van der Waals surface area contributed by atoms with Crippen molar-refractivity contribution in [2.75, 3.05) is 18.1 Å². The van der Waals surface area contributed by atoms with Crippen LogP contribution in [0.2, 0.25) is 5.02 Å². The Morgan fingerprint density at radius 1 is 1.31 bits per heavy atom. The van der Waals surface area contributed by atoms with Crippen molar-refractivity contribution >= 4 is 27.3 Å². The highest BCUT2D eigenvalue weighted by atomic mass is 35.5. The number of nitrogens with zero attached hydrogens (tertiary/aromatic N) is 3. The monoisotopic (exact) mass is 433 g/mol. The van der Waals surface area contributed by atoms with Crippen molar-refractivity contribution in [3.63, 3.8) is 0 Å². The molecular formula is C20H20ClN3O4S. The molecule has 0 aliphatic carbocycles. The lowest BCUT2D eigenvalue weighted by molar-refractivity contribution is 0.0702. The Kier molecular flexibility index (Phi) is 5.23. The second-order valence-electron chi connectivity index (χ2n) is 6.93. The van der Waals surface area contributed by atoms with Gasteiger partial charge in [0, 0.05) is 23.7 Å². The zero-order chi connectivity index (χ0) is 20.6. The summed E-state index contributed by atoms with van der Waals surface area (Å²) in [5.41, 5.74) is 1.52. The Bertz CT molecular complexity index is 1140. The van der Waals surface area contributed by atoms with E-state index in [2.05, 4.69) is 5.10 Å². The maximum atomic E-state index is 13.2. The summed E-state index contributed by atoms with van der Waals surface area (Å²) in [4.78, 5) is 14.8. The molecule has 1 fully saturated rings. The Morgan fingerprint density at radius 3 is 2.76 bits per heavy atom. The molecule has 0 unspecified atom stereocenters. The maximum absolute atomic E-state index is 13.2. The van der Waals surface area contributed by atoms with Gasteiger partial charge < -0.3 is 9.32 Å². The molecule has 1 amide bonds. The Labute approximate surface area is 173 Å². The van der Waals surface area contributed by atoms with Crippen LogP contribution in [0, 0.1) is 0 Å². The van der Waals surface area contributed by atoms with E-state index in [1.165, 1.54) is 0 Å². The van der Waals surface area contributed by atoms with Crippen LogP contribution in [0.25, 0.3) is 17.1 Å². The summed E-state index contributed by atoms with van der Waals surface area (Å²) in [6, 6.07) is 12.0. The predicted molar refractivity (Wildman–Crippen MR) is 110 cm³/mol. The number of furan rings is 1. The highest BCUT2D eigenvalue weighted by Gasteiger charge is 2.35. The van der Waals surface area contributed by atoms with Crippen LogP contribution < -0.4 is 0 Å². The van der Waals surface area contributed by atoms with Gasteiger partial charge in [-0.15, -0.1) is 0 Å². The molecule has 1 atom stereocenters. The fourth-order valence-corrected chi connectivity index (χ4v) is 5.54. The number of amides is 1. The molecule has 4 rings (SSSR count). The summed E-state index contributed by atoms with van der Waals surface area (Å²) >= 11 is 6.13. The second-order valence-corrected chi connectivity index (χ2v) is 9.60. The maximum Gasteiger partial charge on any atom is 0.274 e. The van der Waals surface area contributed by atoms with Crippen molar-refractivity contribution < 1.29 is 17.6 Å². The van der Waals surface area contributed by atoms with Crippen molar-refractivity contribution in [1.82, 2.24) is 14.7 Å². The van der Waals surface area contributed by atoms with E-state index in [1.54, 1.807) is 52.2 Å². The number of hydrogen-bond acceptors (Lipinski definition) is 5. The highest BCUT2D eigenvalue weighted by molar-refractivity contribution is 7.91. The number of sulfone groups is 1. The van der Waals surface area contributed by atoms with Crippen LogP contribution in [0.5, 0.6) is 0 Å². The third-order valence-corrected chi connectivity index (χ3v) is 6.99. The lowest BCUT2D eigenvalue weighted by Crippen LogP contribution is -2.41. The van der Waals surface area contributed by atoms with Gasteiger partial charge in [0.15, 0.2) is 21.3 Å². The van der Waals surface area contributed by atoms with E-state index in [1.807, 2.05) is 13.0 Å². The minimum atomic E-state index is -3.10. The highest BCUT2D eigenvalue weighted by Crippen LogP contribution is 2.27. The number of carbonyl (C=O) groups is 1. The molecule has 3 aromatic rings. The molecule has 9 heteroatoms. The standard InChI is InChI=1S/C20H20ClN3O4S/c1-2-23(16-8-10-29(26,27)13-16)20(25)17-12-18(19-7-4-9-28-19)24(22-17)15-6-3-5-14(21)11-15/h3-7,9,11-12,16H,2,8,10,13H2,1H3/t16-/m0/s1. The van der Waals surface area contributed by atoms with Gasteiger partial charge in [0.25, 0.3) is 5.91 Å². The molecular weight excluding hydrogens is 414 g/mol. The molecule has 0 saturated carbocycles. The SMILES string of the molecule is CCN(C(=O)c1cc(-c2ccco2)n(-c2cccc(Cl)c2)n1)[C@H]1CCS(=O)(=O)C1. The summed E-state index contributed by atoms with van der Waals surface area (Å²) in [6.45, 7) is 2.24. The minimum Gasteiger partial charge on any atom is -0.463 e. The summed E-state index contributed by atoms with van der Waals surface area (Å²) in [5, 5.41) is 5.06. The van der Waals surface area contributed by atoms with Crippen LogP contribution in [0.1, 0.15) is 23.8 Å². The quantitative estimate of drug-likeness (QED) is 0.615. The van der Waals surface area contributed by atoms with Crippen LogP contribution in [0.3, 0.4) is 0 Å². The fraction of sp³-hybridized carbons (Fsp3) is 0.300. The molecule has 1 saturated heterocycles. The van der Waals surface area contributed by atoms with Gasteiger partial charge in [-0.1, -0.05) is 17.7 Å². The average molecular weight is 434 g/mol. The molecule has 29 heavy (non-hydrogen) atoms. The summed E-state index contributed by atoms with van der Waals surface area (Å²) in [5.74, 6) is 0.356. The van der Waals surface area contributed by atoms with Crippen LogP contribution >= 0.6 is 11.6 Å². The first-order chi connectivity index (χ1) is 13.9. The van der Waals surface area contributed by atoms with Gasteiger partial charge in [0.2, 0.25) is 0 Å². The van der Waals surface area contributed by atoms with Gasteiger partial charge in [-0.25, -0.2) is 13.1 Å². The van der Waals surface area contributed by atoms with E-state index in [0.717, 1.165) is 0 Å². The van der Waals surface area contributed by atoms with Gasteiger partial charge in [-0.3, -0.25) is 4.79 Å². The number of aromatic nitrogens is 2. The van der Waals surface area contributed by atoms with Crippen LogP contribution in [-0.4, -0.2) is 53.1 Å². The molecule has 1 aliphatic heterocycles. The summed E-state index contributed by atoms with van der Waals surface area (Å²) in [6.07, 6.45) is 2.00. The van der Waals surface area contributed by atoms with Crippen molar-refractivity contribution in [3.05, 3.63) is 59.4 Å². The van der Waals surface area contributed by atoms with Crippen molar-refractivity contribution in [3.8, 4) is 17.1 Å². The van der Waals surface area contributed by atoms with E-state index in [4.69, 9.17) is 16.0 Å². The zero-order valence-electron chi connectivity index (χ0n) is 15.8. The fourth-order valence-electron chi connectivity index (χ4n) is 3.63. The third-order valence-electron chi connectivity index (χ3n) is 5.01. The number of carbonyl (C=O) groups excluding carboxylic acids is 1. The van der Waals surface area contributed by atoms with E-state index in [-0.39, 0.29) is 29.1 Å². The molecule has 3 heterocycles. The zero-order valence-corrected chi connectivity index (χ0v) is 17.4. The smallest absolute Gasteiger partial charge is 0.274 e. The van der Waals surface area contributed by atoms with Crippen LogP contribution in [0.15, 0.2) is 53.1 Å². The molecule has 7 nitrogen and oxygen atoms in total. The van der Waals surface area contributed by atoms with E-state index in [0.29, 0.717) is 35.1 Å². The molecule has 1 aliphatic rings. The number of hydrogen-bond donors (Lipinski definition) is 0. The molecule has 0 spiro atoms. The van der Waals surface area contributed by atoms with Crippen LogP contribution in [0.4, 0.5) is 0 Å². The van der Waals surface area contributed by atoms with Crippen LogP contribution in [-0.2, 0) is 9.84 Å². The second kappa shape index (κ2) is 7.68. The van der Waals surface area contributed by atoms with Gasteiger partial charge >= 0.3 is 0 Å². The normalized spacial score (nSPS) is 18.1. The summed E-state index contributed by atoms with van der Waals surface area (Å²) in [7, 11) is -3.10. The third kappa shape index (κ3) is 3.95. The van der Waals surface area contributed by atoms with Gasteiger partial charge in [-0.05, 0) is 43.7 Å². The number of benzene rings is 1. The molecule has 2 aromatic heterocycles. The number of halogens is 1. The molecule has 1 aromatic carbocycles. The molecule has 152 valence electrons. The van der Waals surface area contributed by atoms with Gasteiger partial charge in [0.05, 0.1) is 23.5 Å². The van der Waals surface area contributed by atoms with E-state index < -0.39 is 9.84 Å². The van der Waals surface area contributed by atoms with Gasteiger partial charge in [-0.2, -0.15) is 5.10 Å². The average Bonchev–Trinajstić information content (AvgIpc) is 3.41. The van der Waals surface area contributed by atoms with Gasteiger partial charge in [0.1, 0.15) is 5.69 Å². The van der Waals surface area contributed by atoms with Crippen molar-refractivity contribution in [1.29, 1.82) is 0 Å². The largest absolute Gasteiger partial charge is 0.463 e. The first-order valence-corrected chi connectivity index (χ1v) is 11.5. The Morgan fingerprint density at radius 2 is 2.14 bits per heavy atom. The Hall–Kier alpha value is -2.58. The minimum absolute atomic E-state index is 0.00732. The molecule has 0 radical (unpaired) electrons. The lowest BCUT2D eigenvalue weighted by atomic mass is 10.2. The number of rotatable bonds is 5. The predicted octanol–water partition coefficient (Wildman–Crippen LogP) is 3.43. The van der Waals surface area contributed by atoms with Crippen molar-refractivity contribution in [2.45, 2.75) is 19.4 Å². The first-order valence-electron chi connectivity index (χ1n) is 9.29. The van der Waals surface area contributed by atoms with E-state index in [9.17, 15) is 13.2 Å². The summed E-state index contributed by atoms with van der Waals surface area (Å²) < 4.78 is 30.9. The molecule has 0 bridgehead atoms. The molecule has 0 N–H and O–H groups in total. The van der Waals surface area contributed by atoms with E-state index >= 15 is 0 Å². The lowest BCUT2D eigenvalue weighted by Gasteiger charge is -2.25. The Balaban J connectivity index is 1.74. The first kappa shape index (κ1) is 19.7. The van der Waals surface area contributed by atoms with Crippen molar-refractivity contribution in [2.24, 2.45) is 0 Å². The topological polar surface area (TPSA) is 85.4 Å².